The van der Waals surface area contributed by atoms with Crippen LogP contribution in [0.5, 0.6) is 0 Å². The van der Waals surface area contributed by atoms with Gasteiger partial charge in [-0.25, -0.2) is 4.98 Å². The highest BCUT2D eigenvalue weighted by molar-refractivity contribution is 6.31. The minimum Gasteiger partial charge on any atom is -0.227 e. The van der Waals surface area contributed by atoms with Crippen molar-refractivity contribution in [1.29, 1.82) is 0 Å². The molecule has 0 fully saturated rings. The number of hydrogen-bond acceptors (Lipinski definition) is 1. The zero-order valence-corrected chi connectivity index (χ0v) is 9.53. The van der Waals surface area contributed by atoms with E-state index in [4.69, 9.17) is 11.6 Å². The number of rotatable bonds is 3. The maximum absolute atomic E-state index is 12.9. The summed E-state index contributed by atoms with van der Waals surface area (Å²) in [6, 6.07) is 1.43. The lowest BCUT2D eigenvalue weighted by Crippen LogP contribution is -2.17. The van der Waals surface area contributed by atoms with Gasteiger partial charge in [0.25, 0.3) is 0 Å². The summed E-state index contributed by atoms with van der Waals surface area (Å²) in [5.41, 5.74) is 0.754. The Morgan fingerprint density at radius 2 is 2.14 bits per heavy atom. The molecule has 0 aliphatic carbocycles. The van der Waals surface area contributed by atoms with Crippen LogP contribution in [-0.4, -0.2) is 4.98 Å². The van der Waals surface area contributed by atoms with Crippen LogP contribution in [0.3, 0.4) is 0 Å². The highest BCUT2D eigenvalue weighted by Gasteiger charge is 2.23. The number of nitrogens with zero attached hydrogens (tertiary/aromatic N) is 1. The van der Waals surface area contributed by atoms with Crippen LogP contribution in [0, 0.1) is 5.95 Å². The first-order valence-electron chi connectivity index (χ1n) is 4.79. The maximum atomic E-state index is 12.9. The quantitative estimate of drug-likeness (QED) is 0.696. The van der Waals surface area contributed by atoms with Crippen LogP contribution < -0.4 is 0 Å². The van der Waals surface area contributed by atoms with Crippen LogP contribution in [0.1, 0.15) is 39.2 Å². The summed E-state index contributed by atoms with van der Waals surface area (Å²) < 4.78 is 12.9. The number of halogens is 2. The van der Waals surface area contributed by atoms with Crippen LogP contribution in [0.4, 0.5) is 4.39 Å². The molecule has 1 rings (SSSR count). The molecule has 1 heterocycles. The SMILES string of the molecule is CCCC(C)(C)c1cc(F)ncc1Cl. The molecule has 0 saturated carbocycles. The minimum absolute atomic E-state index is 0.0877. The zero-order chi connectivity index (χ0) is 10.8. The average molecular weight is 216 g/mol. The first-order chi connectivity index (χ1) is 6.47. The molecule has 0 aromatic carbocycles. The Morgan fingerprint density at radius 3 is 2.71 bits per heavy atom. The van der Waals surface area contributed by atoms with Crippen molar-refractivity contribution >= 4 is 11.6 Å². The van der Waals surface area contributed by atoms with Gasteiger partial charge >= 0.3 is 0 Å². The molecule has 0 atom stereocenters. The van der Waals surface area contributed by atoms with Crippen molar-refractivity contribution < 1.29 is 4.39 Å². The molecule has 1 nitrogen and oxygen atoms in total. The summed E-state index contributed by atoms with van der Waals surface area (Å²) in [4.78, 5) is 3.51. The predicted molar refractivity (Wildman–Crippen MR) is 57.1 cm³/mol. The lowest BCUT2D eigenvalue weighted by Gasteiger charge is -2.25. The lowest BCUT2D eigenvalue weighted by atomic mass is 9.81. The van der Waals surface area contributed by atoms with Gasteiger partial charge in [-0.05, 0) is 23.5 Å². The molecule has 0 spiro atoms. The summed E-state index contributed by atoms with van der Waals surface area (Å²) in [6.07, 6.45) is 3.41. The molecule has 0 saturated heterocycles. The van der Waals surface area contributed by atoms with E-state index >= 15 is 0 Å². The largest absolute Gasteiger partial charge is 0.227 e. The molecule has 14 heavy (non-hydrogen) atoms. The van der Waals surface area contributed by atoms with Gasteiger partial charge in [0.05, 0.1) is 5.02 Å². The van der Waals surface area contributed by atoms with E-state index in [0.29, 0.717) is 5.02 Å². The number of hydrogen-bond donors (Lipinski definition) is 0. The number of aromatic nitrogens is 1. The van der Waals surface area contributed by atoms with Gasteiger partial charge in [0.1, 0.15) is 0 Å². The summed E-state index contributed by atoms with van der Waals surface area (Å²) in [5, 5.41) is 0.546. The normalized spacial score (nSPS) is 11.8. The molecule has 0 N–H and O–H groups in total. The van der Waals surface area contributed by atoms with Crippen molar-refractivity contribution in [2.24, 2.45) is 0 Å². The second-order valence-electron chi connectivity index (χ2n) is 4.12. The lowest BCUT2D eigenvalue weighted by molar-refractivity contribution is 0.466. The summed E-state index contributed by atoms with van der Waals surface area (Å²) >= 11 is 5.99. The van der Waals surface area contributed by atoms with Crippen molar-refractivity contribution in [2.45, 2.75) is 39.0 Å². The van der Waals surface area contributed by atoms with Crippen molar-refractivity contribution in [3.8, 4) is 0 Å². The van der Waals surface area contributed by atoms with Gasteiger partial charge in [0.15, 0.2) is 0 Å². The Kier molecular flexibility index (Phi) is 3.48. The summed E-state index contributed by atoms with van der Waals surface area (Å²) in [7, 11) is 0. The van der Waals surface area contributed by atoms with E-state index < -0.39 is 5.95 Å². The molecule has 1 aromatic rings. The van der Waals surface area contributed by atoms with Gasteiger partial charge in [0, 0.05) is 6.20 Å². The van der Waals surface area contributed by atoms with Crippen molar-refractivity contribution in [3.63, 3.8) is 0 Å². The monoisotopic (exact) mass is 215 g/mol. The fourth-order valence-electron chi connectivity index (χ4n) is 1.69. The fourth-order valence-corrected chi connectivity index (χ4v) is 2.05. The van der Waals surface area contributed by atoms with E-state index in [-0.39, 0.29) is 5.41 Å². The van der Waals surface area contributed by atoms with Gasteiger partial charge in [-0.15, -0.1) is 0 Å². The smallest absolute Gasteiger partial charge is 0.213 e. The average Bonchev–Trinajstić information content (AvgIpc) is 2.09. The van der Waals surface area contributed by atoms with Gasteiger partial charge < -0.3 is 0 Å². The van der Waals surface area contributed by atoms with Crippen LogP contribution in [0.25, 0.3) is 0 Å². The van der Waals surface area contributed by atoms with Crippen LogP contribution in [-0.2, 0) is 5.41 Å². The summed E-state index contributed by atoms with van der Waals surface area (Å²) in [6.45, 7) is 6.24. The van der Waals surface area contributed by atoms with Gasteiger partial charge in [0.2, 0.25) is 5.95 Å². The van der Waals surface area contributed by atoms with Crippen molar-refractivity contribution in [3.05, 3.63) is 28.8 Å². The van der Waals surface area contributed by atoms with Crippen LogP contribution >= 0.6 is 11.6 Å². The Labute approximate surface area is 89.3 Å². The third kappa shape index (κ3) is 2.44. The van der Waals surface area contributed by atoms with E-state index in [1.165, 1.54) is 12.3 Å². The molecule has 0 bridgehead atoms. The van der Waals surface area contributed by atoms with E-state index in [1.807, 2.05) is 0 Å². The molecular weight excluding hydrogens is 201 g/mol. The molecular formula is C11H15ClFN. The molecule has 78 valence electrons. The van der Waals surface area contributed by atoms with E-state index in [0.717, 1.165) is 18.4 Å². The second-order valence-corrected chi connectivity index (χ2v) is 4.53. The van der Waals surface area contributed by atoms with Crippen LogP contribution in [0.15, 0.2) is 12.3 Å². The van der Waals surface area contributed by atoms with E-state index in [2.05, 4.69) is 25.8 Å². The first kappa shape index (κ1) is 11.4. The zero-order valence-electron chi connectivity index (χ0n) is 8.77. The van der Waals surface area contributed by atoms with Gasteiger partial charge in [-0.3, -0.25) is 0 Å². The predicted octanol–water partition coefficient (Wildman–Crippen LogP) is 3.95. The number of pyridine rings is 1. The molecule has 0 unspecified atom stereocenters. The maximum Gasteiger partial charge on any atom is 0.213 e. The van der Waals surface area contributed by atoms with E-state index in [1.54, 1.807) is 0 Å². The Bertz CT molecular complexity index is 323. The minimum atomic E-state index is -0.464. The first-order valence-corrected chi connectivity index (χ1v) is 5.16. The van der Waals surface area contributed by atoms with Crippen molar-refractivity contribution in [1.82, 2.24) is 4.98 Å². The van der Waals surface area contributed by atoms with Gasteiger partial charge in [-0.2, -0.15) is 4.39 Å². The summed E-state index contributed by atoms with van der Waals surface area (Å²) in [5.74, 6) is -0.464. The molecule has 0 amide bonds. The molecule has 0 aliphatic rings. The third-order valence-electron chi connectivity index (χ3n) is 2.43. The molecule has 1 aromatic heterocycles. The molecule has 3 heteroatoms. The van der Waals surface area contributed by atoms with E-state index in [9.17, 15) is 4.39 Å². The Morgan fingerprint density at radius 1 is 1.50 bits per heavy atom. The Hall–Kier alpha value is -0.630. The van der Waals surface area contributed by atoms with Crippen LogP contribution in [0.2, 0.25) is 5.02 Å². The van der Waals surface area contributed by atoms with Crippen molar-refractivity contribution in [2.75, 3.05) is 0 Å². The molecule has 0 radical (unpaired) electrons. The Balaban J connectivity index is 3.10. The molecule has 0 aliphatic heterocycles. The highest BCUT2D eigenvalue weighted by Crippen LogP contribution is 2.33. The second kappa shape index (κ2) is 4.26. The van der Waals surface area contributed by atoms with Gasteiger partial charge in [-0.1, -0.05) is 38.8 Å². The third-order valence-corrected chi connectivity index (χ3v) is 2.73. The standard InChI is InChI=1S/C11H15ClFN/c1-4-5-11(2,3)8-6-10(13)14-7-9(8)12/h6-7H,4-5H2,1-3H3. The fraction of sp³-hybridized carbons (Fsp3) is 0.545. The topological polar surface area (TPSA) is 12.9 Å². The highest BCUT2D eigenvalue weighted by atomic mass is 35.5.